The Labute approximate surface area is 121 Å². The van der Waals surface area contributed by atoms with Gasteiger partial charge < -0.3 is 19.8 Å². The highest BCUT2D eigenvalue weighted by atomic mass is 32.2. The summed E-state index contributed by atoms with van der Waals surface area (Å²) in [5.74, 6) is 0.0536. The van der Waals surface area contributed by atoms with Gasteiger partial charge in [-0.3, -0.25) is 4.79 Å². The molecule has 2 fully saturated rings. The van der Waals surface area contributed by atoms with E-state index in [1.807, 2.05) is 0 Å². The number of hydrogen-bond donors (Lipinski definition) is 1. The first-order valence-corrected chi connectivity index (χ1v) is 7.76. The molecule has 2 heterocycles. The number of aliphatic carboxylic acids is 1. The number of urea groups is 1. The lowest BCUT2D eigenvalue weighted by atomic mass is 10.3. The molecule has 8 heteroatoms. The average Bonchev–Trinajstić information content (AvgIpc) is 2.60. The highest BCUT2D eigenvalue weighted by Gasteiger charge is 2.36. The van der Waals surface area contributed by atoms with Gasteiger partial charge in [-0.25, -0.2) is 9.59 Å². The van der Waals surface area contributed by atoms with Gasteiger partial charge >= 0.3 is 12.0 Å². The standard InChI is InChI=1S/C12H19N3O4S/c1-13-3-2-4-14(7-10(13)16)12(19)15-5-6-20-8-9(15)11(17)18/h9H,2-8H2,1H3,(H,17,18). The molecule has 2 saturated heterocycles. The van der Waals surface area contributed by atoms with Crippen molar-refractivity contribution in [1.29, 1.82) is 0 Å². The maximum absolute atomic E-state index is 12.5. The highest BCUT2D eigenvalue weighted by Crippen LogP contribution is 2.19. The molecule has 0 aromatic heterocycles. The Hall–Kier alpha value is -1.44. The van der Waals surface area contributed by atoms with Gasteiger partial charge in [-0.1, -0.05) is 0 Å². The molecular weight excluding hydrogens is 282 g/mol. The summed E-state index contributed by atoms with van der Waals surface area (Å²) < 4.78 is 0. The summed E-state index contributed by atoms with van der Waals surface area (Å²) in [5, 5.41) is 9.20. The van der Waals surface area contributed by atoms with Gasteiger partial charge in [0.1, 0.15) is 12.6 Å². The van der Waals surface area contributed by atoms with Gasteiger partial charge in [0.25, 0.3) is 0 Å². The molecular formula is C12H19N3O4S. The zero-order valence-electron chi connectivity index (χ0n) is 11.4. The van der Waals surface area contributed by atoms with Crippen LogP contribution in [0.3, 0.4) is 0 Å². The molecule has 0 radical (unpaired) electrons. The Morgan fingerprint density at radius 2 is 2.05 bits per heavy atom. The molecule has 3 amide bonds. The van der Waals surface area contributed by atoms with E-state index in [1.54, 1.807) is 11.9 Å². The van der Waals surface area contributed by atoms with Crippen molar-refractivity contribution in [2.75, 3.05) is 44.7 Å². The lowest BCUT2D eigenvalue weighted by molar-refractivity contribution is -0.141. The SMILES string of the molecule is CN1CCCN(C(=O)N2CCSCC2C(=O)O)CC1=O. The molecule has 1 atom stereocenters. The van der Waals surface area contributed by atoms with E-state index >= 15 is 0 Å². The first-order valence-electron chi connectivity index (χ1n) is 6.60. The molecule has 2 aliphatic heterocycles. The molecule has 0 aromatic carbocycles. The zero-order chi connectivity index (χ0) is 14.7. The summed E-state index contributed by atoms with van der Waals surface area (Å²) in [4.78, 5) is 40.0. The summed E-state index contributed by atoms with van der Waals surface area (Å²) in [5.41, 5.74) is 0. The molecule has 2 rings (SSSR count). The first-order chi connectivity index (χ1) is 9.50. The smallest absolute Gasteiger partial charge is 0.327 e. The number of amides is 3. The molecule has 1 N–H and O–H groups in total. The van der Waals surface area contributed by atoms with Gasteiger partial charge in [0.15, 0.2) is 0 Å². The normalized spacial score (nSPS) is 24.6. The van der Waals surface area contributed by atoms with Crippen LogP contribution in [-0.4, -0.2) is 88.5 Å². The first kappa shape index (κ1) is 15.0. The van der Waals surface area contributed by atoms with Crippen LogP contribution in [0.2, 0.25) is 0 Å². The number of rotatable bonds is 1. The van der Waals surface area contributed by atoms with Gasteiger partial charge in [0.2, 0.25) is 5.91 Å². The van der Waals surface area contributed by atoms with Crippen LogP contribution in [0.15, 0.2) is 0 Å². The predicted octanol–water partition coefficient (Wildman–Crippen LogP) is -0.227. The van der Waals surface area contributed by atoms with Crippen molar-refractivity contribution in [1.82, 2.24) is 14.7 Å². The number of carbonyl (C=O) groups excluding carboxylic acids is 2. The van der Waals surface area contributed by atoms with Crippen molar-refractivity contribution in [3.8, 4) is 0 Å². The van der Waals surface area contributed by atoms with Crippen molar-refractivity contribution in [2.24, 2.45) is 0 Å². The monoisotopic (exact) mass is 301 g/mol. The van der Waals surface area contributed by atoms with E-state index in [0.29, 0.717) is 31.8 Å². The summed E-state index contributed by atoms with van der Waals surface area (Å²) in [6.45, 7) is 1.57. The molecule has 0 bridgehead atoms. The van der Waals surface area contributed by atoms with Gasteiger partial charge in [-0.05, 0) is 6.42 Å². The van der Waals surface area contributed by atoms with E-state index < -0.39 is 12.0 Å². The molecule has 1 unspecified atom stereocenters. The summed E-state index contributed by atoms with van der Waals surface area (Å²) in [6.07, 6.45) is 0.717. The molecule has 20 heavy (non-hydrogen) atoms. The van der Waals surface area contributed by atoms with Crippen molar-refractivity contribution < 1.29 is 19.5 Å². The number of carbonyl (C=O) groups is 3. The Balaban J connectivity index is 2.08. The third-order valence-corrected chi connectivity index (χ3v) is 4.63. The van der Waals surface area contributed by atoms with Crippen LogP contribution in [0.5, 0.6) is 0 Å². The van der Waals surface area contributed by atoms with Gasteiger partial charge in [0.05, 0.1) is 0 Å². The van der Waals surface area contributed by atoms with Crippen LogP contribution in [0.25, 0.3) is 0 Å². The minimum absolute atomic E-state index is 0.0331. The maximum atomic E-state index is 12.5. The number of carboxylic acids is 1. The quantitative estimate of drug-likeness (QED) is 0.724. The van der Waals surface area contributed by atoms with E-state index in [0.717, 1.165) is 5.75 Å². The van der Waals surface area contributed by atoms with E-state index in [9.17, 15) is 19.5 Å². The van der Waals surface area contributed by atoms with Gasteiger partial charge in [-0.15, -0.1) is 0 Å². The molecule has 0 spiro atoms. The number of nitrogens with zero attached hydrogens (tertiary/aromatic N) is 3. The maximum Gasteiger partial charge on any atom is 0.327 e. The number of thioether (sulfide) groups is 1. The zero-order valence-corrected chi connectivity index (χ0v) is 12.3. The fourth-order valence-electron chi connectivity index (χ4n) is 2.37. The third kappa shape index (κ3) is 3.17. The summed E-state index contributed by atoms with van der Waals surface area (Å²) in [7, 11) is 1.72. The largest absolute Gasteiger partial charge is 0.480 e. The Morgan fingerprint density at radius 1 is 1.30 bits per heavy atom. The second-order valence-corrected chi connectivity index (χ2v) is 6.15. The second-order valence-electron chi connectivity index (χ2n) is 5.00. The fourth-order valence-corrected chi connectivity index (χ4v) is 3.41. The van der Waals surface area contributed by atoms with E-state index in [-0.39, 0.29) is 18.5 Å². The van der Waals surface area contributed by atoms with Crippen molar-refractivity contribution in [2.45, 2.75) is 12.5 Å². The number of likely N-dealkylation sites (N-methyl/N-ethyl adjacent to an activating group) is 1. The molecule has 0 aliphatic carbocycles. The van der Waals surface area contributed by atoms with Crippen LogP contribution >= 0.6 is 11.8 Å². The predicted molar refractivity (Wildman–Crippen MR) is 74.7 cm³/mol. The van der Waals surface area contributed by atoms with Crippen LogP contribution < -0.4 is 0 Å². The highest BCUT2D eigenvalue weighted by molar-refractivity contribution is 7.99. The van der Waals surface area contributed by atoms with Crippen LogP contribution in [-0.2, 0) is 9.59 Å². The lowest BCUT2D eigenvalue weighted by Crippen LogP contribution is -2.55. The topological polar surface area (TPSA) is 81.2 Å². The van der Waals surface area contributed by atoms with Crippen molar-refractivity contribution in [3.63, 3.8) is 0 Å². The molecule has 112 valence electrons. The molecule has 0 saturated carbocycles. The average molecular weight is 301 g/mol. The lowest BCUT2D eigenvalue weighted by Gasteiger charge is -2.36. The van der Waals surface area contributed by atoms with Gasteiger partial charge in [-0.2, -0.15) is 11.8 Å². The van der Waals surface area contributed by atoms with Crippen LogP contribution in [0.1, 0.15) is 6.42 Å². The minimum atomic E-state index is -0.983. The van der Waals surface area contributed by atoms with Crippen LogP contribution in [0.4, 0.5) is 4.79 Å². The van der Waals surface area contributed by atoms with Crippen molar-refractivity contribution >= 4 is 29.7 Å². The molecule has 2 aliphatic rings. The molecule has 7 nitrogen and oxygen atoms in total. The van der Waals surface area contributed by atoms with Crippen LogP contribution in [0, 0.1) is 0 Å². The van der Waals surface area contributed by atoms with Gasteiger partial charge in [0, 0.05) is 38.2 Å². The fraction of sp³-hybridized carbons (Fsp3) is 0.750. The second kappa shape index (κ2) is 6.34. The van der Waals surface area contributed by atoms with Crippen molar-refractivity contribution in [3.05, 3.63) is 0 Å². The Bertz CT molecular complexity index is 418. The summed E-state index contributed by atoms with van der Waals surface area (Å²) in [6, 6.07) is -1.13. The van der Waals surface area contributed by atoms with E-state index in [2.05, 4.69) is 0 Å². The molecule has 0 aromatic rings. The third-order valence-electron chi connectivity index (χ3n) is 3.60. The number of hydrogen-bond acceptors (Lipinski definition) is 4. The number of carboxylic acid groups (broad SMARTS) is 1. The Kier molecular flexibility index (Phi) is 4.74. The minimum Gasteiger partial charge on any atom is -0.480 e. The van der Waals surface area contributed by atoms with E-state index in [4.69, 9.17) is 0 Å². The summed E-state index contributed by atoms with van der Waals surface area (Å²) >= 11 is 1.54. The Morgan fingerprint density at radius 3 is 2.75 bits per heavy atom. The van der Waals surface area contributed by atoms with E-state index in [1.165, 1.54) is 21.6 Å².